The van der Waals surface area contributed by atoms with Crippen molar-refractivity contribution >= 4 is 33.5 Å². The highest BCUT2D eigenvalue weighted by atomic mass is 32.2. The number of nitrogens with zero attached hydrogens (tertiary/aromatic N) is 4. The normalized spacial score (nSPS) is 21.8. The van der Waals surface area contributed by atoms with Gasteiger partial charge in [0.25, 0.3) is 5.91 Å². The van der Waals surface area contributed by atoms with Gasteiger partial charge in [-0.25, -0.2) is 13.1 Å². The molecule has 0 spiro atoms. The lowest BCUT2D eigenvalue weighted by atomic mass is 9.84. The van der Waals surface area contributed by atoms with E-state index in [2.05, 4.69) is 25.1 Å². The van der Waals surface area contributed by atoms with Crippen LogP contribution in [0, 0.1) is 5.92 Å². The minimum atomic E-state index is -4.42. The van der Waals surface area contributed by atoms with Gasteiger partial charge in [0.15, 0.2) is 0 Å². The lowest BCUT2D eigenvalue weighted by molar-refractivity contribution is -0.147. The molecule has 5 rings (SSSR count). The molecule has 1 saturated carbocycles. The highest BCUT2D eigenvalue weighted by molar-refractivity contribution is 7.89. The Bertz CT molecular complexity index is 1720. The Morgan fingerprint density at radius 2 is 1.77 bits per heavy atom. The minimum Gasteiger partial charge on any atom is -0.435 e. The molecule has 19 heteroatoms. The number of carbonyl (C=O) groups excluding carboxylic acids is 4. The van der Waals surface area contributed by atoms with E-state index in [4.69, 9.17) is 10.5 Å². The van der Waals surface area contributed by atoms with Crippen LogP contribution < -0.4 is 20.5 Å². The van der Waals surface area contributed by atoms with Gasteiger partial charge in [-0.05, 0) is 50.5 Å². The van der Waals surface area contributed by atoms with Crippen molar-refractivity contribution in [2.75, 3.05) is 19.8 Å². The second-order valence-electron chi connectivity index (χ2n) is 14.2. The van der Waals surface area contributed by atoms with E-state index in [9.17, 15) is 41.5 Å². The number of nitrogens with one attached hydrogen (secondary N) is 2. The molecule has 3 heterocycles. The Labute approximate surface area is 299 Å². The van der Waals surface area contributed by atoms with Gasteiger partial charge in [0.1, 0.15) is 29.0 Å². The molecule has 2 saturated heterocycles. The van der Waals surface area contributed by atoms with E-state index in [0.717, 1.165) is 56.4 Å². The van der Waals surface area contributed by atoms with Gasteiger partial charge >= 0.3 is 6.61 Å². The number of ketones is 1. The molecule has 1 aliphatic carbocycles. The standard InChI is InChI=1S/C33H45F2N7O9S/c1-32(2,47)26-18-37-40-42(26)21-17-25(29(45)38-33(27(43)28(36)44)12-14-50-15-13-33)41(19-21)30(46)24(16-20-6-4-3-5-7-20)39-52(48,49)23-10-8-22(9-11-23)51-31(34)35/h8-11,18,20-21,24-25,31,39,47H,3-7,12-17,19H2,1-2H3,(H2,36,44)(H,38,45)/t21-,24+,25-/m0/s1. The lowest BCUT2D eigenvalue weighted by Gasteiger charge is -2.37. The van der Waals surface area contributed by atoms with Crippen molar-refractivity contribution in [1.82, 2.24) is 29.9 Å². The number of primary amides is 1. The number of benzene rings is 1. The molecule has 5 N–H and O–H groups in total. The molecule has 286 valence electrons. The van der Waals surface area contributed by atoms with E-state index in [0.29, 0.717) is 5.69 Å². The monoisotopic (exact) mass is 753 g/mol. The molecule has 16 nitrogen and oxygen atoms in total. The van der Waals surface area contributed by atoms with Gasteiger partial charge in [0.05, 0.1) is 22.8 Å². The lowest BCUT2D eigenvalue weighted by Crippen LogP contribution is -2.64. The van der Waals surface area contributed by atoms with Gasteiger partial charge in [-0.15, -0.1) is 5.10 Å². The van der Waals surface area contributed by atoms with Gasteiger partial charge in [-0.3, -0.25) is 19.2 Å². The number of rotatable bonds is 14. The Hall–Kier alpha value is -4.07. The average Bonchev–Trinajstić information content (AvgIpc) is 3.77. The van der Waals surface area contributed by atoms with Crippen molar-refractivity contribution in [2.24, 2.45) is 11.7 Å². The number of Topliss-reactive ketones (excluding diaryl/α,β-unsaturated/α-hetero) is 1. The Morgan fingerprint density at radius 1 is 1.12 bits per heavy atom. The number of likely N-dealkylation sites (tertiary alicyclic amines) is 1. The molecule has 0 radical (unpaired) electrons. The topological polar surface area (TPSA) is 225 Å². The first-order valence-electron chi connectivity index (χ1n) is 17.3. The second kappa shape index (κ2) is 15.9. The van der Waals surface area contributed by atoms with Crippen molar-refractivity contribution in [2.45, 2.75) is 112 Å². The maximum atomic E-state index is 14.7. The number of hydrogen-bond acceptors (Lipinski definition) is 11. The van der Waals surface area contributed by atoms with E-state index in [-0.39, 0.29) is 62.0 Å². The van der Waals surface area contributed by atoms with Gasteiger partial charge in [0.2, 0.25) is 27.6 Å². The number of aromatic nitrogens is 3. The molecule has 1 aromatic carbocycles. The van der Waals surface area contributed by atoms with E-state index >= 15 is 0 Å². The molecule has 0 unspecified atom stereocenters. The van der Waals surface area contributed by atoms with Crippen LogP contribution in [0.15, 0.2) is 35.4 Å². The summed E-state index contributed by atoms with van der Waals surface area (Å²) in [4.78, 5) is 55.0. The van der Waals surface area contributed by atoms with Gasteiger partial charge in [-0.1, -0.05) is 37.3 Å². The molecule has 3 atom stereocenters. The van der Waals surface area contributed by atoms with Crippen molar-refractivity contribution in [3.8, 4) is 5.75 Å². The highest BCUT2D eigenvalue weighted by Gasteiger charge is 2.49. The third-order valence-electron chi connectivity index (χ3n) is 10.0. The number of sulfonamides is 1. The molecule has 0 bridgehead atoms. The van der Waals surface area contributed by atoms with Crippen LogP contribution >= 0.6 is 0 Å². The summed E-state index contributed by atoms with van der Waals surface area (Å²) in [6.07, 6.45) is 5.64. The average molecular weight is 754 g/mol. The van der Waals surface area contributed by atoms with Crippen molar-refractivity contribution in [3.05, 3.63) is 36.2 Å². The van der Waals surface area contributed by atoms with Crippen LogP contribution in [0.2, 0.25) is 0 Å². The van der Waals surface area contributed by atoms with E-state index in [1.54, 1.807) is 0 Å². The fourth-order valence-corrected chi connectivity index (χ4v) is 8.53. The van der Waals surface area contributed by atoms with Crippen molar-refractivity contribution in [3.63, 3.8) is 0 Å². The van der Waals surface area contributed by atoms with E-state index in [1.807, 2.05) is 0 Å². The molecule has 52 heavy (non-hydrogen) atoms. The summed E-state index contributed by atoms with van der Waals surface area (Å²) in [5.74, 6) is -4.02. The zero-order chi connectivity index (χ0) is 37.8. The molecule has 3 aliphatic rings. The van der Waals surface area contributed by atoms with Crippen molar-refractivity contribution in [1.29, 1.82) is 0 Å². The van der Waals surface area contributed by atoms with Gasteiger partial charge in [0, 0.05) is 39.0 Å². The predicted molar refractivity (Wildman–Crippen MR) is 178 cm³/mol. The zero-order valence-electron chi connectivity index (χ0n) is 29.0. The second-order valence-corrected chi connectivity index (χ2v) is 15.9. The summed E-state index contributed by atoms with van der Waals surface area (Å²) in [5, 5.41) is 21.6. The van der Waals surface area contributed by atoms with Crippen LogP contribution in [-0.4, -0.2) is 101 Å². The first-order chi connectivity index (χ1) is 24.5. The highest BCUT2D eigenvalue weighted by Crippen LogP contribution is 2.35. The predicted octanol–water partition coefficient (Wildman–Crippen LogP) is 1.29. The fraction of sp³-hybridized carbons (Fsp3) is 0.636. The Kier molecular flexibility index (Phi) is 12.0. The smallest absolute Gasteiger partial charge is 0.387 e. The number of amides is 3. The SMILES string of the molecule is CC(C)(O)c1cnnn1[C@H]1C[C@@H](C(=O)NC2(C(=O)C(N)=O)CCOCC2)N(C(=O)[C@@H](CC2CCCCC2)NS(=O)(=O)c2ccc(OC(F)F)cc2)C1. The third-order valence-corrected chi connectivity index (χ3v) is 11.5. The number of carbonyl (C=O) groups is 4. The van der Waals surface area contributed by atoms with E-state index < -0.39 is 69.4 Å². The summed E-state index contributed by atoms with van der Waals surface area (Å²) in [5.41, 5.74) is 2.59. The number of aliphatic hydroxyl groups is 1. The molecule has 2 aliphatic heterocycles. The molecule has 3 fully saturated rings. The van der Waals surface area contributed by atoms with Crippen LogP contribution in [0.5, 0.6) is 5.75 Å². The summed E-state index contributed by atoms with van der Waals surface area (Å²) in [6, 6.07) is 0.959. The molecule has 3 amide bonds. The van der Waals surface area contributed by atoms with Crippen LogP contribution in [-0.2, 0) is 39.5 Å². The van der Waals surface area contributed by atoms with Crippen LogP contribution in [0.1, 0.15) is 83.4 Å². The number of hydrogen-bond donors (Lipinski definition) is 4. The maximum absolute atomic E-state index is 14.7. The molecular formula is C33H45F2N7O9S. The molecule has 2 aromatic rings. The molecule has 1 aromatic heterocycles. The van der Waals surface area contributed by atoms with Gasteiger partial charge < -0.3 is 30.5 Å². The van der Waals surface area contributed by atoms with Crippen molar-refractivity contribution < 1.29 is 51.0 Å². The van der Waals surface area contributed by atoms with Crippen LogP contribution in [0.3, 0.4) is 0 Å². The zero-order valence-corrected chi connectivity index (χ0v) is 29.8. The molecular weight excluding hydrogens is 708 g/mol. The Morgan fingerprint density at radius 3 is 2.37 bits per heavy atom. The summed E-state index contributed by atoms with van der Waals surface area (Å²) in [6.45, 7) is -0.0929. The summed E-state index contributed by atoms with van der Waals surface area (Å²) in [7, 11) is -4.42. The van der Waals surface area contributed by atoms with Crippen LogP contribution in [0.4, 0.5) is 8.78 Å². The maximum Gasteiger partial charge on any atom is 0.387 e. The van der Waals surface area contributed by atoms with Crippen LogP contribution in [0.25, 0.3) is 0 Å². The number of nitrogens with two attached hydrogens (primary N) is 1. The minimum absolute atomic E-state index is 0.0197. The number of ether oxygens (including phenoxy) is 2. The largest absolute Gasteiger partial charge is 0.435 e. The quantitative estimate of drug-likeness (QED) is 0.201. The van der Waals surface area contributed by atoms with E-state index in [1.165, 1.54) is 29.6 Å². The third kappa shape index (κ3) is 8.92. The Balaban J connectivity index is 1.50. The number of alkyl halides is 2. The first-order valence-corrected chi connectivity index (χ1v) is 18.7. The number of halogens is 2. The van der Waals surface area contributed by atoms with Gasteiger partial charge in [-0.2, -0.15) is 13.5 Å². The fourth-order valence-electron chi connectivity index (χ4n) is 7.33. The summed E-state index contributed by atoms with van der Waals surface area (Å²) < 4.78 is 66.5. The first kappa shape index (κ1) is 39.1. The summed E-state index contributed by atoms with van der Waals surface area (Å²) >= 11 is 0.